The van der Waals surface area contributed by atoms with Crippen molar-refractivity contribution in [3.05, 3.63) is 0 Å². The van der Waals surface area contributed by atoms with Gasteiger partial charge in [0.2, 0.25) is 0 Å². The highest BCUT2D eigenvalue weighted by Crippen LogP contribution is 2.39. The molecule has 0 aliphatic carbocycles. The number of nitrogens with two attached hydrogens (primary N) is 1. The number of rotatable bonds is 10. The topological polar surface area (TPSA) is 179 Å². The van der Waals surface area contributed by atoms with Gasteiger partial charge in [-0.15, -0.1) is 0 Å². The fourth-order valence-electron chi connectivity index (χ4n) is 4.72. The third kappa shape index (κ3) is 6.80. The maximum absolute atomic E-state index is 13.3. The molecule has 0 radical (unpaired) electrons. The van der Waals surface area contributed by atoms with Gasteiger partial charge in [-0.1, -0.05) is 6.42 Å². The van der Waals surface area contributed by atoms with Gasteiger partial charge >= 0.3 is 19.2 Å². The lowest BCUT2D eigenvalue weighted by Crippen LogP contribution is -2.69. The summed E-state index contributed by atoms with van der Waals surface area (Å²) in [6.45, 7) is 12.6. The summed E-state index contributed by atoms with van der Waals surface area (Å²) in [4.78, 5) is 24.2. The molecule has 2 atom stereocenters. The van der Waals surface area contributed by atoms with E-state index in [-0.39, 0.29) is 32.8 Å². The van der Waals surface area contributed by atoms with Crippen LogP contribution in [0.3, 0.4) is 0 Å². The molecule has 3 heterocycles. The molecule has 3 aliphatic heterocycles. The zero-order chi connectivity index (χ0) is 28.8. The molecule has 0 aromatic heterocycles. The molecule has 1 amide bonds. The molecule has 0 unspecified atom stereocenters. The van der Waals surface area contributed by atoms with E-state index in [2.05, 4.69) is 10.0 Å². The molecule has 3 aliphatic rings. The van der Waals surface area contributed by atoms with Gasteiger partial charge in [-0.25, -0.2) is 4.79 Å². The second kappa shape index (κ2) is 10.5. The Bertz CT molecular complexity index is 997. The van der Waals surface area contributed by atoms with Crippen LogP contribution in [0.25, 0.3) is 0 Å². The highest BCUT2D eigenvalue weighted by molar-refractivity contribution is 7.87. The monoisotopic (exact) mass is 562 g/mol. The van der Waals surface area contributed by atoms with Crippen molar-refractivity contribution in [2.75, 3.05) is 32.8 Å². The van der Waals surface area contributed by atoms with Crippen LogP contribution < -0.4 is 15.8 Å². The van der Waals surface area contributed by atoms with Crippen molar-refractivity contribution in [1.29, 1.82) is 0 Å². The van der Waals surface area contributed by atoms with Crippen molar-refractivity contribution in [2.45, 2.75) is 95.5 Å². The lowest BCUT2D eigenvalue weighted by molar-refractivity contribution is -0.144. The number of amides is 1. The number of carbonyl (C=O) groups excluding carboxylic acids is 1. The summed E-state index contributed by atoms with van der Waals surface area (Å²) < 4.78 is 52.8. The van der Waals surface area contributed by atoms with E-state index in [1.165, 1.54) is 0 Å². The maximum atomic E-state index is 13.3. The van der Waals surface area contributed by atoms with Crippen LogP contribution in [0.15, 0.2) is 0 Å². The Morgan fingerprint density at radius 3 is 2.21 bits per heavy atom. The van der Waals surface area contributed by atoms with Crippen LogP contribution in [0.4, 0.5) is 4.79 Å². The number of nitrogens with zero attached hydrogens (tertiary/aromatic N) is 1. The molecule has 0 saturated carbocycles. The molecule has 0 aromatic rings. The SMILES string of the molecule is CC(C)(C)OC(=O)NCC1(NS(=O)(=O)N2C[C@@H](CCCB3OC(C)(C)C(C)(C)O3)[C@@](N)(C(=O)O)C2)COC1. The first kappa shape index (κ1) is 31.0. The third-order valence-electron chi connectivity index (χ3n) is 7.70. The van der Waals surface area contributed by atoms with Gasteiger partial charge in [-0.05, 0) is 61.2 Å². The Kier molecular flexibility index (Phi) is 8.57. The molecule has 15 heteroatoms. The van der Waals surface area contributed by atoms with Crippen molar-refractivity contribution in [1.82, 2.24) is 14.3 Å². The quantitative estimate of drug-likeness (QED) is 0.277. The molecule has 0 aromatic carbocycles. The highest BCUT2D eigenvalue weighted by atomic mass is 32.2. The minimum absolute atomic E-state index is 0.0417. The predicted octanol–water partition coefficient (Wildman–Crippen LogP) is 0.701. The van der Waals surface area contributed by atoms with Crippen LogP contribution in [0.5, 0.6) is 0 Å². The molecule has 3 rings (SSSR count). The summed E-state index contributed by atoms with van der Waals surface area (Å²) >= 11 is 0. The Labute approximate surface area is 225 Å². The van der Waals surface area contributed by atoms with E-state index in [9.17, 15) is 23.1 Å². The third-order valence-corrected chi connectivity index (χ3v) is 9.34. The standard InChI is InChI=1S/C23H43BN4O9S/c1-19(2,3)35-18(31)26-12-22(14-34-15-22)27-38(32,33)28-11-16(23(25,13-28)17(29)30)9-8-10-24-36-20(4,5)21(6,7)37-24/h16,27H,8-15,25H2,1-7H3,(H,26,31)(H,29,30)/t16-,23-/m1/s1. The molecule has 3 saturated heterocycles. The van der Waals surface area contributed by atoms with Gasteiger partial charge in [0.25, 0.3) is 10.2 Å². The van der Waals surface area contributed by atoms with Gasteiger partial charge in [-0.2, -0.15) is 17.4 Å². The van der Waals surface area contributed by atoms with Gasteiger partial charge in [0, 0.05) is 25.6 Å². The van der Waals surface area contributed by atoms with E-state index in [1.54, 1.807) is 20.8 Å². The van der Waals surface area contributed by atoms with Gasteiger partial charge in [0.05, 0.1) is 30.0 Å². The molecule has 13 nitrogen and oxygen atoms in total. The molecule has 0 spiro atoms. The minimum Gasteiger partial charge on any atom is -0.480 e. The molecule has 218 valence electrons. The van der Waals surface area contributed by atoms with Crippen LogP contribution in [0.1, 0.15) is 61.3 Å². The van der Waals surface area contributed by atoms with E-state index < -0.39 is 63.2 Å². The van der Waals surface area contributed by atoms with Gasteiger partial charge in [0.1, 0.15) is 11.1 Å². The predicted molar refractivity (Wildman–Crippen MR) is 140 cm³/mol. The summed E-state index contributed by atoms with van der Waals surface area (Å²) in [6.07, 6.45) is 0.777. The van der Waals surface area contributed by atoms with Gasteiger partial charge in [0.15, 0.2) is 0 Å². The fraction of sp³-hybridized carbons (Fsp3) is 0.913. The number of carboxylic acids is 1. The second-order valence-corrected chi connectivity index (χ2v) is 14.4. The maximum Gasteiger partial charge on any atom is 0.457 e. The van der Waals surface area contributed by atoms with Crippen molar-refractivity contribution in [2.24, 2.45) is 11.7 Å². The van der Waals surface area contributed by atoms with E-state index >= 15 is 0 Å². The van der Waals surface area contributed by atoms with E-state index in [0.717, 1.165) is 4.31 Å². The summed E-state index contributed by atoms with van der Waals surface area (Å²) in [5.41, 5.74) is 1.81. The van der Waals surface area contributed by atoms with Crippen LogP contribution >= 0.6 is 0 Å². The van der Waals surface area contributed by atoms with Crippen molar-refractivity contribution >= 4 is 29.4 Å². The number of nitrogens with one attached hydrogen (secondary N) is 2. The average Bonchev–Trinajstić information content (AvgIpc) is 3.16. The molecule has 3 fully saturated rings. The number of alkyl carbamates (subject to hydrolysis) is 1. The smallest absolute Gasteiger partial charge is 0.457 e. The first-order chi connectivity index (χ1) is 17.2. The van der Waals surface area contributed by atoms with E-state index in [1.807, 2.05) is 27.7 Å². The number of hydrogen-bond acceptors (Lipinski definition) is 9. The molecule has 0 bridgehead atoms. The van der Waals surface area contributed by atoms with E-state index in [4.69, 9.17) is 24.5 Å². The Balaban J connectivity index is 1.61. The minimum atomic E-state index is -4.15. The lowest BCUT2D eigenvalue weighted by Gasteiger charge is -2.42. The molecule has 5 N–H and O–H groups in total. The van der Waals surface area contributed by atoms with Crippen LogP contribution in [0.2, 0.25) is 6.32 Å². The van der Waals surface area contributed by atoms with Crippen molar-refractivity contribution < 1.29 is 41.9 Å². The average molecular weight is 562 g/mol. The number of aliphatic carboxylic acids is 1. The Hall–Kier alpha value is -1.49. The summed E-state index contributed by atoms with van der Waals surface area (Å²) in [6, 6.07) is 0. The number of hydrogen-bond donors (Lipinski definition) is 4. The number of ether oxygens (including phenoxy) is 2. The second-order valence-electron chi connectivity index (χ2n) is 12.7. The Morgan fingerprint density at radius 2 is 1.74 bits per heavy atom. The van der Waals surface area contributed by atoms with E-state index in [0.29, 0.717) is 19.2 Å². The van der Waals surface area contributed by atoms with Crippen LogP contribution in [-0.4, -0.2) is 97.7 Å². The van der Waals surface area contributed by atoms with Gasteiger partial charge < -0.3 is 34.9 Å². The van der Waals surface area contributed by atoms with Gasteiger partial charge in [-0.3, -0.25) is 4.79 Å². The zero-order valence-electron chi connectivity index (χ0n) is 23.5. The first-order valence-electron chi connectivity index (χ1n) is 12.9. The molecular weight excluding hydrogens is 519 g/mol. The highest BCUT2D eigenvalue weighted by Gasteiger charge is 2.55. The molecule has 38 heavy (non-hydrogen) atoms. The van der Waals surface area contributed by atoms with Crippen molar-refractivity contribution in [3.63, 3.8) is 0 Å². The first-order valence-corrected chi connectivity index (χ1v) is 14.4. The zero-order valence-corrected chi connectivity index (χ0v) is 24.3. The Morgan fingerprint density at radius 1 is 1.16 bits per heavy atom. The summed E-state index contributed by atoms with van der Waals surface area (Å²) in [5.74, 6) is -1.88. The largest absolute Gasteiger partial charge is 0.480 e. The van der Waals surface area contributed by atoms with Crippen LogP contribution in [-0.2, 0) is 33.8 Å². The number of carbonyl (C=O) groups is 2. The fourth-order valence-corrected chi connectivity index (χ4v) is 6.35. The number of carboxylic acid groups (broad SMARTS) is 1. The summed E-state index contributed by atoms with van der Waals surface area (Å²) in [7, 11) is -4.59. The summed E-state index contributed by atoms with van der Waals surface area (Å²) in [5, 5.41) is 12.5. The van der Waals surface area contributed by atoms with Crippen LogP contribution in [0, 0.1) is 5.92 Å². The molecular formula is C23H43BN4O9S. The lowest BCUT2D eigenvalue weighted by atomic mass is 9.78. The normalized spacial score (nSPS) is 28.6. The van der Waals surface area contributed by atoms with Crippen molar-refractivity contribution in [3.8, 4) is 0 Å².